The molecular weight excluding hydrogens is 416 g/mol. The van der Waals surface area contributed by atoms with Crippen LogP contribution < -0.4 is 9.13 Å². The van der Waals surface area contributed by atoms with Crippen LogP contribution in [0.2, 0.25) is 0 Å². The lowest BCUT2D eigenvalue weighted by atomic mass is 9.88. The van der Waals surface area contributed by atoms with E-state index in [1.165, 1.54) is 74.3 Å². The Balaban J connectivity index is 1.59. The van der Waals surface area contributed by atoms with Crippen molar-refractivity contribution in [3.05, 3.63) is 107 Å². The third-order valence-electron chi connectivity index (χ3n) is 8.23. The fourth-order valence-electron chi connectivity index (χ4n) is 6.83. The van der Waals surface area contributed by atoms with E-state index in [2.05, 4.69) is 96.0 Å². The van der Waals surface area contributed by atoms with Gasteiger partial charge in [0.2, 0.25) is 11.4 Å². The van der Waals surface area contributed by atoms with E-state index in [-0.39, 0.29) is 0 Å². The van der Waals surface area contributed by atoms with Crippen molar-refractivity contribution in [2.45, 2.75) is 45.2 Å². The normalized spacial score (nSPS) is 19.1. The van der Waals surface area contributed by atoms with Crippen molar-refractivity contribution >= 4 is 11.0 Å². The summed E-state index contributed by atoms with van der Waals surface area (Å²) in [7, 11) is 0. The van der Waals surface area contributed by atoms with Crippen LogP contribution in [-0.4, -0.2) is 0 Å². The van der Waals surface area contributed by atoms with Gasteiger partial charge < -0.3 is 4.42 Å². The van der Waals surface area contributed by atoms with Gasteiger partial charge in [-0.3, -0.25) is 0 Å². The fourth-order valence-corrected chi connectivity index (χ4v) is 6.83. The second-order valence-corrected chi connectivity index (χ2v) is 10.2. The van der Waals surface area contributed by atoms with Gasteiger partial charge in [0.25, 0.3) is 0 Å². The molecule has 0 fully saturated rings. The first kappa shape index (κ1) is 18.7. The molecule has 2 aliphatic heterocycles. The van der Waals surface area contributed by atoms with Crippen LogP contribution in [0.5, 0.6) is 0 Å². The summed E-state index contributed by atoms with van der Waals surface area (Å²) in [5.41, 5.74) is 12.2. The minimum atomic E-state index is -0.462. The Hall–Kier alpha value is -3.72. The van der Waals surface area contributed by atoms with Gasteiger partial charge in [0.1, 0.15) is 28.0 Å². The van der Waals surface area contributed by atoms with Gasteiger partial charge in [-0.05, 0) is 69.5 Å². The molecule has 0 saturated carbocycles. The SMILES string of the molecule is Cc1ccc2[n+](c1)C1(c3ccccc3-2)c2ccc3c4c(oc3c2-c2ccc(C)c[n+]21)CCCC4. The number of fused-ring (bicyclic) bond motifs is 14. The number of aryl methyl sites for hydroxylation is 4. The predicted octanol–water partition coefficient (Wildman–Crippen LogP) is 5.76. The Morgan fingerprint density at radius 3 is 2.32 bits per heavy atom. The van der Waals surface area contributed by atoms with Crippen molar-refractivity contribution in [3.8, 4) is 22.5 Å². The number of hydrogen-bond acceptors (Lipinski definition) is 1. The fraction of sp³-hybridized carbons (Fsp3) is 0.226. The highest BCUT2D eigenvalue weighted by atomic mass is 16.3. The molecule has 1 spiro atoms. The lowest BCUT2D eigenvalue weighted by Gasteiger charge is -2.17. The average molecular weight is 443 g/mol. The highest BCUT2D eigenvalue weighted by Crippen LogP contribution is 2.50. The van der Waals surface area contributed by atoms with Gasteiger partial charge in [-0.1, -0.05) is 12.1 Å². The molecule has 164 valence electrons. The van der Waals surface area contributed by atoms with E-state index in [1.807, 2.05) is 0 Å². The Morgan fingerprint density at radius 1 is 0.735 bits per heavy atom. The second-order valence-electron chi connectivity index (χ2n) is 10.2. The Bertz CT molecular complexity index is 1690. The Labute approximate surface area is 198 Å². The number of hydrogen-bond donors (Lipinski definition) is 0. The lowest BCUT2D eigenvalue weighted by molar-refractivity contribution is -0.955. The summed E-state index contributed by atoms with van der Waals surface area (Å²) in [6.07, 6.45) is 9.30. The Morgan fingerprint density at radius 2 is 1.47 bits per heavy atom. The van der Waals surface area contributed by atoms with Crippen LogP contribution in [0.3, 0.4) is 0 Å². The zero-order chi connectivity index (χ0) is 22.6. The van der Waals surface area contributed by atoms with Crippen molar-refractivity contribution in [3.63, 3.8) is 0 Å². The Kier molecular flexibility index (Phi) is 3.43. The van der Waals surface area contributed by atoms with Crippen molar-refractivity contribution in [1.82, 2.24) is 0 Å². The molecule has 2 aromatic carbocycles. The summed E-state index contributed by atoms with van der Waals surface area (Å²) in [5, 5.41) is 1.30. The molecule has 0 N–H and O–H groups in total. The molecule has 0 bridgehead atoms. The van der Waals surface area contributed by atoms with Crippen LogP contribution in [0.1, 0.15) is 46.4 Å². The molecule has 5 heterocycles. The van der Waals surface area contributed by atoms with E-state index in [1.54, 1.807) is 0 Å². The van der Waals surface area contributed by atoms with Crippen LogP contribution >= 0.6 is 0 Å². The number of nitrogens with zero attached hydrogens (tertiary/aromatic N) is 2. The summed E-state index contributed by atoms with van der Waals surface area (Å²) in [6.45, 7) is 4.37. The van der Waals surface area contributed by atoms with Gasteiger partial charge in [0.05, 0.1) is 5.56 Å². The molecule has 3 heteroatoms. The van der Waals surface area contributed by atoms with Crippen LogP contribution in [0.25, 0.3) is 33.5 Å². The molecule has 1 aliphatic carbocycles. The van der Waals surface area contributed by atoms with Gasteiger partial charge in [-0.25, -0.2) is 0 Å². The maximum Gasteiger partial charge on any atom is 0.417 e. The summed E-state index contributed by atoms with van der Waals surface area (Å²) in [5.74, 6) is 1.20. The predicted molar refractivity (Wildman–Crippen MR) is 132 cm³/mol. The minimum absolute atomic E-state index is 0.462. The van der Waals surface area contributed by atoms with Gasteiger partial charge in [0, 0.05) is 40.6 Å². The molecule has 0 saturated heterocycles. The second kappa shape index (κ2) is 6.24. The monoisotopic (exact) mass is 442 g/mol. The molecular formula is C31H26N2O+2. The summed E-state index contributed by atoms with van der Waals surface area (Å²) in [6, 6.07) is 22.7. The van der Waals surface area contributed by atoms with Crippen LogP contribution in [-0.2, 0) is 18.5 Å². The highest BCUT2D eigenvalue weighted by molar-refractivity contribution is 5.97. The zero-order valence-corrected chi connectivity index (χ0v) is 19.6. The lowest BCUT2D eigenvalue weighted by Crippen LogP contribution is -2.71. The molecule has 1 atom stereocenters. The molecule has 0 radical (unpaired) electrons. The van der Waals surface area contributed by atoms with E-state index in [0.29, 0.717) is 0 Å². The van der Waals surface area contributed by atoms with Crippen LogP contribution in [0, 0.1) is 13.8 Å². The van der Waals surface area contributed by atoms with Gasteiger partial charge in [-0.2, -0.15) is 0 Å². The van der Waals surface area contributed by atoms with Crippen molar-refractivity contribution < 1.29 is 13.6 Å². The number of aromatic nitrogens is 2. The molecule has 8 rings (SSSR count). The number of benzene rings is 2. The zero-order valence-electron chi connectivity index (χ0n) is 19.6. The van der Waals surface area contributed by atoms with Crippen LogP contribution in [0.4, 0.5) is 0 Å². The molecule has 3 aliphatic rings. The van der Waals surface area contributed by atoms with Gasteiger partial charge in [-0.15, -0.1) is 9.13 Å². The molecule has 3 aromatic heterocycles. The molecule has 34 heavy (non-hydrogen) atoms. The van der Waals surface area contributed by atoms with E-state index >= 15 is 0 Å². The standard InChI is InChI=1S/C31H26N2O/c1-19-11-15-26-23-8-3-5-9-24(23)31(32(26)17-19)25-14-13-22-21-7-4-6-10-28(21)34-30(22)29(25)27-16-12-20(2)18-33(27)31/h3,5,8-9,11-18H,4,6-7,10H2,1-2H3/q+2. The van der Waals surface area contributed by atoms with Crippen molar-refractivity contribution in [1.29, 1.82) is 0 Å². The van der Waals surface area contributed by atoms with E-state index in [4.69, 9.17) is 4.42 Å². The number of pyridine rings is 2. The summed E-state index contributed by atoms with van der Waals surface area (Å²) < 4.78 is 11.7. The smallest absolute Gasteiger partial charge is 0.417 e. The van der Waals surface area contributed by atoms with Crippen molar-refractivity contribution in [2.75, 3.05) is 0 Å². The molecule has 1 unspecified atom stereocenters. The maximum absolute atomic E-state index is 6.70. The molecule has 0 amide bonds. The van der Waals surface area contributed by atoms with Gasteiger partial charge in [0.15, 0.2) is 12.4 Å². The largest absolute Gasteiger partial charge is 0.460 e. The first-order valence-electron chi connectivity index (χ1n) is 12.4. The van der Waals surface area contributed by atoms with E-state index in [0.717, 1.165) is 18.4 Å². The summed E-state index contributed by atoms with van der Waals surface area (Å²) >= 11 is 0. The highest BCUT2D eigenvalue weighted by Gasteiger charge is 2.67. The molecule has 3 nitrogen and oxygen atoms in total. The maximum atomic E-state index is 6.70. The average Bonchev–Trinajstić information content (AvgIpc) is 3.47. The number of rotatable bonds is 0. The third-order valence-corrected chi connectivity index (χ3v) is 8.23. The van der Waals surface area contributed by atoms with Crippen LogP contribution in [0.15, 0.2) is 77.5 Å². The topological polar surface area (TPSA) is 20.9 Å². The van der Waals surface area contributed by atoms with E-state index in [9.17, 15) is 0 Å². The number of furan rings is 1. The first-order valence-corrected chi connectivity index (χ1v) is 12.4. The third kappa shape index (κ3) is 2.05. The van der Waals surface area contributed by atoms with Gasteiger partial charge >= 0.3 is 5.66 Å². The van der Waals surface area contributed by atoms with E-state index < -0.39 is 5.66 Å². The molecule has 5 aromatic rings. The minimum Gasteiger partial charge on any atom is -0.460 e. The van der Waals surface area contributed by atoms with Crippen molar-refractivity contribution in [2.24, 2.45) is 0 Å². The first-order chi connectivity index (χ1) is 16.7. The summed E-state index contributed by atoms with van der Waals surface area (Å²) in [4.78, 5) is 0. The quantitative estimate of drug-likeness (QED) is 0.274.